The van der Waals surface area contributed by atoms with Crippen LogP contribution in [-0.2, 0) is 16.1 Å². The monoisotopic (exact) mass is 307 g/mol. The van der Waals surface area contributed by atoms with Crippen molar-refractivity contribution in [1.29, 1.82) is 5.26 Å². The summed E-state index contributed by atoms with van der Waals surface area (Å²) < 4.78 is 0. The number of carbonyl (C=O) groups is 2. The van der Waals surface area contributed by atoms with Crippen LogP contribution in [0.15, 0.2) is 36.0 Å². The molecule has 21 heavy (non-hydrogen) atoms. The minimum Gasteiger partial charge on any atom is -0.481 e. The van der Waals surface area contributed by atoms with E-state index in [9.17, 15) is 9.59 Å². The van der Waals surface area contributed by atoms with Gasteiger partial charge in [0, 0.05) is 24.3 Å². The van der Waals surface area contributed by atoms with E-state index in [1.807, 2.05) is 0 Å². The van der Waals surface area contributed by atoms with Crippen LogP contribution in [0.4, 0.5) is 0 Å². The summed E-state index contributed by atoms with van der Waals surface area (Å²) in [6.07, 6.45) is 1.10. The van der Waals surface area contributed by atoms with Crippen molar-refractivity contribution in [2.45, 2.75) is 13.0 Å². The van der Waals surface area contributed by atoms with Gasteiger partial charge in [0.25, 0.3) is 5.91 Å². The van der Waals surface area contributed by atoms with Crippen LogP contribution < -0.4 is 10.6 Å². The fraction of sp³-hybridized carbons (Fsp3) is 0.214. The van der Waals surface area contributed by atoms with E-state index < -0.39 is 11.9 Å². The third kappa shape index (κ3) is 5.97. The van der Waals surface area contributed by atoms with Crippen LogP contribution in [0.5, 0.6) is 0 Å². The maximum absolute atomic E-state index is 11.8. The van der Waals surface area contributed by atoms with Crippen LogP contribution >= 0.6 is 11.6 Å². The van der Waals surface area contributed by atoms with Gasteiger partial charge in [0.1, 0.15) is 11.6 Å². The third-order valence-electron chi connectivity index (χ3n) is 2.49. The molecule has 0 heterocycles. The van der Waals surface area contributed by atoms with E-state index in [1.165, 1.54) is 6.20 Å². The lowest BCUT2D eigenvalue weighted by Gasteiger charge is -2.06. The summed E-state index contributed by atoms with van der Waals surface area (Å²) in [7, 11) is 0. The maximum Gasteiger partial charge on any atom is 0.305 e. The molecule has 0 saturated heterocycles. The lowest BCUT2D eigenvalue weighted by molar-refractivity contribution is -0.136. The molecule has 0 aliphatic heterocycles. The summed E-state index contributed by atoms with van der Waals surface area (Å²) >= 11 is 5.95. The van der Waals surface area contributed by atoms with Crippen LogP contribution in [0.25, 0.3) is 0 Å². The predicted molar refractivity (Wildman–Crippen MR) is 77.3 cm³/mol. The Morgan fingerprint density at radius 2 is 2.10 bits per heavy atom. The summed E-state index contributed by atoms with van der Waals surface area (Å²) in [5.41, 5.74) is 0.607. The van der Waals surface area contributed by atoms with Gasteiger partial charge in [-0.2, -0.15) is 5.26 Å². The average Bonchev–Trinajstić information content (AvgIpc) is 2.46. The van der Waals surface area contributed by atoms with Crippen LogP contribution in [-0.4, -0.2) is 23.5 Å². The quantitative estimate of drug-likeness (QED) is 0.402. The molecule has 6 nitrogen and oxygen atoms in total. The van der Waals surface area contributed by atoms with Crippen molar-refractivity contribution < 1.29 is 14.7 Å². The Morgan fingerprint density at radius 1 is 1.38 bits per heavy atom. The first kappa shape index (κ1) is 16.5. The van der Waals surface area contributed by atoms with Crippen LogP contribution in [0.1, 0.15) is 12.0 Å². The summed E-state index contributed by atoms with van der Waals surface area (Å²) in [5.74, 6) is -1.52. The molecule has 110 valence electrons. The Balaban J connectivity index is 2.52. The van der Waals surface area contributed by atoms with Crippen molar-refractivity contribution in [2.24, 2.45) is 0 Å². The van der Waals surface area contributed by atoms with Gasteiger partial charge in [-0.25, -0.2) is 0 Å². The first-order chi connectivity index (χ1) is 10.0. The molecule has 0 aromatic heterocycles. The van der Waals surface area contributed by atoms with E-state index in [-0.39, 0.29) is 25.1 Å². The molecule has 0 unspecified atom stereocenters. The Hall–Kier alpha value is -2.52. The van der Waals surface area contributed by atoms with Gasteiger partial charge in [0.2, 0.25) is 0 Å². The van der Waals surface area contributed by atoms with Crippen LogP contribution in [0.3, 0.4) is 0 Å². The lowest BCUT2D eigenvalue weighted by Crippen LogP contribution is -2.25. The number of halogens is 1. The first-order valence-corrected chi connectivity index (χ1v) is 6.49. The number of carbonyl (C=O) groups excluding carboxylic acids is 1. The molecule has 0 spiro atoms. The molecule has 0 fully saturated rings. The normalized spacial score (nSPS) is 10.6. The van der Waals surface area contributed by atoms with Gasteiger partial charge < -0.3 is 15.7 Å². The zero-order chi connectivity index (χ0) is 15.7. The Bertz CT molecular complexity index is 593. The molecule has 1 rings (SSSR count). The standard InChI is InChI=1S/C14H14ClN3O3/c15-12-4-2-1-3-10(12)9-18-14(21)11(7-16)8-17-6-5-13(19)20/h1-4,8,17H,5-6,9H2,(H,18,21)(H,19,20)/b11-8-. The van der Waals surface area contributed by atoms with E-state index in [0.29, 0.717) is 5.02 Å². The molecule has 0 atom stereocenters. The number of nitriles is 1. The average molecular weight is 308 g/mol. The maximum atomic E-state index is 11.8. The number of amides is 1. The van der Waals surface area contributed by atoms with E-state index in [4.69, 9.17) is 22.0 Å². The predicted octanol–water partition coefficient (Wildman–Crippen LogP) is 1.43. The number of rotatable bonds is 7. The smallest absolute Gasteiger partial charge is 0.305 e. The number of benzene rings is 1. The number of hydrogen-bond donors (Lipinski definition) is 3. The highest BCUT2D eigenvalue weighted by molar-refractivity contribution is 6.31. The molecular weight excluding hydrogens is 294 g/mol. The first-order valence-electron chi connectivity index (χ1n) is 6.11. The fourth-order valence-corrected chi connectivity index (χ4v) is 1.62. The van der Waals surface area contributed by atoms with Gasteiger partial charge in [-0.15, -0.1) is 0 Å². The van der Waals surface area contributed by atoms with Crippen molar-refractivity contribution in [3.8, 4) is 6.07 Å². The van der Waals surface area contributed by atoms with Crippen LogP contribution in [0.2, 0.25) is 5.02 Å². The Kier molecular flexibility index (Phi) is 6.78. The SMILES string of the molecule is N#C/C(=C/NCCC(=O)O)C(=O)NCc1ccccc1Cl. The molecule has 0 aliphatic rings. The number of carboxylic acids is 1. The molecule has 1 amide bonds. The number of nitrogens with one attached hydrogen (secondary N) is 2. The third-order valence-corrected chi connectivity index (χ3v) is 2.86. The van der Waals surface area contributed by atoms with Crippen molar-refractivity contribution in [3.05, 3.63) is 46.6 Å². The minimum atomic E-state index is -0.961. The summed E-state index contributed by atoms with van der Waals surface area (Å²) in [6.45, 7) is 0.338. The molecule has 0 bridgehead atoms. The van der Waals surface area contributed by atoms with Crippen molar-refractivity contribution in [1.82, 2.24) is 10.6 Å². The number of hydrogen-bond acceptors (Lipinski definition) is 4. The van der Waals surface area contributed by atoms with Crippen molar-refractivity contribution >= 4 is 23.5 Å². The highest BCUT2D eigenvalue weighted by Crippen LogP contribution is 2.14. The highest BCUT2D eigenvalue weighted by Gasteiger charge is 2.09. The molecule has 3 N–H and O–H groups in total. The minimum absolute atomic E-state index is 0.101. The van der Waals surface area contributed by atoms with Gasteiger partial charge in [-0.05, 0) is 11.6 Å². The highest BCUT2D eigenvalue weighted by atomic mass is 35.5. The topological polar surface area (TPSA) is 102 Å². The van der Waals surface area contributed by atoms with Crippen molar-refractivity contribution in [2.75, 3.05) is 6.54 Å². The van der Waals surface area contributed by atoms with Crippen molar-refractivity contribution in [3.63, 3.8) is 0 Å². The largest absolute Gasteiger partial charge is 0.481 e. The van der Waals surface area contributed by atoms with Gasteiger partial charge in [0.15, 0.2) is 0 Å². The summed E-state index contributed by atoms with van der Waals surface area (Å²) in [5, 5.41) is 23.1. The Labute approximate surface area is 127 Å². The molecule has 1 aromatic carbocycles. The second-order valence-corrected chi connectivity index (χ2v) is 4.45. The van der Waals surface area contributed by atoms with E-state index in [1.54, 1.807) is 30.3 Å². The van der Waals surface area contributed by atoms with E-state index in [2.05, 4.69) is 10.6 Å². The summed E-state index contributed by atoms with van der Waals surface area (Å²) in [6, 6.07) is 8.79. The van der Waals surface area contributed by atoms with E-state index in [0.717, 1.165) is 5.56 Å². The van der Waals surface area contributed by atoms with Gasteiger partial charge in [0.05, 0.1) is 6.42 Å². The zero-order valence-corrected chi connectivity index (χ0v) is 11.9. The van der Waals surface area contributed by atoms with Gasteiger partial charge in [-0.3, -0.25) is 9.59 Å². The molecule has 1 aromatic rings. The molecule has 0 aliphatic carbocycles. The fourth-order valence-electron chi connectivity index (χ4n) is 1.41. The number of nitrogens with zero attached hydrogens (tertiary/aromatic N) is 1. The van der Waals surface area contributed by atoms with E-state index >= 15 is 0 Å². The van der Waals surface area contributed by atoms with Gasteiger partial charge >= 0.3 is 5.97 Å². The molecule has 0 saturated carbocycles. The molecule has 7 heteroatoms. The zero-order valence-electron chi connectivity index (χ0n) is 11.1. The molecular formula is C14H14ClN3O3. The Morgan fingerprint density at radius 3 is 2.71 bits per heavy atom. The lowest BCUT2D eigenvalue weighted by atomic mass is 10.2. The van der Waals surface area contributed by atoms with Crippen LogP contribution in [0, 0.1) is 11.3 Å². The summed E-state index contributed by atoms with van der Waals surface area (Å²) in [4.78, 5) is 22.1. The number of aliphatic carboxylic acids is 1. The number of carboxylic acid groups (broad SMARTS) is 1. The van der Waals surface area contributed by atoms with Gasteiger partial charge in [-0.1, -0.05) is 29.8 Å². The molecule has 0 radical (unpaired) electrons. The second-order valence-electron chi connectivity index (χ2n) is 4.04. The second kappa shape index (κ2) is 8.61.